The van der Waals surface area contributed by atoms with Crippen LogP contribution in [0.5, 0.6) is 5.75 Å². The molecule has 0 unspecified atom stereocenters. The maximum absolute atomic E-state index is 6.06. The monoisotopic (exact) mass is 304 g/mol. The van der Waals surface area contributed by atoms with Crippen LogP contribution in [0, 0.1) is 0 Å². The number of hydrogen-bond acceptors (Lipinski definition) is 3. The van der Waals surface area contributed by atoms with Gasteiger partial charge in [0.05, 0.1) is 5.52 Å². The molecular formula is C20H20N2O. The Labute approximate surface area is 136 Å². The predicted molar refractivity (Wildman–Crippen MR) is 94.0 cm³/mol. The van der Waals surface area contributed by atoms with Gasteiger partial charge >= 0.3 is 0 Å². The first-order valence-electron chi connectivity index (χ1n) is 8.21. The highest BCUT2D eigenvalue weighted by Crippen LogP contribution is 2.23. The van der Waals surface area contributed by atoms with Crippen molar-refractivity contribution < 1.29 is 4.74 Å². The van der Waals surface area contributed by atoms with Gasteiger partial charge in [-0.2, -0.15) is 0 Å². The molecule has 0 N–H and O–H groups in total. The van der Waals surface area contributed by atoms with Gasteiger partial charge in [-0.05, 0) is 30.3 Å². The van der Waals surface area contributed by atoms with Crippen molar-refractivity contribution in [3.63, 3.8) is 0 Å². The molecular weight excluding hydrogens is 284 g/mol. The second-order valence-electron chi connectivity index (χ2n) is 5.98. The molecule has 116 valence electrons. The van der Waals surface area contributed by atoms with Gasteiger partial charge in [0.1, 0.15) is 17.7 Å². The van der Waals surface area contributed by atoms with Crippen LogP contribution in [0.2, 0.25) is 0 Å². The van der Waals surface area contributed by atoms with Crippen LogP contribution in [0.25, 0.3) is 10.9 Å². The predicted octanol–water partition coefficient (Wildman–Crippen LogP) is 4.28. The number of pyridine rings is 1. The highest BCUT2D eigenvalue weighted by atomic mass is 16.5. The lowest BCUT2D eigenvalue weighted by atomic mass is 10.1. The number of anilines is 1. The summed E-state index contributed by atoms with van der Waals surface area (Å²) in [4.78, 5) is 7.15. The van der Waals surface area contributed by atoms with E-state index in [-0.39, 0.29) is 0 Å². The van der Waals surface area contributed by atoms with Gasteiger partial charge in [0.2, 0.25) is 0 Å². The van der Waals surface area contributed by atoms with Gasteiger partial charge < -0.3 is 9.64 Å². The van der Waals surface area contributed by atoms with Crippen molar-refractivity contribution in [1.29, 1.82) is 0 Å². The molecule has 0 amide bonds. The zero-order valence-electron chi connectivity index (χ0n) is 13.1. The van der Waals surface area contributed by atoms with Gasteiger partial charge in [-0.3, -0.25) is 0 Å². The Bertz CT molecular complexity index is 780. The SMILES string of the molecule is c1ccc(OC2CCN(c3ccc4ccccc4n3)CC2)cc1. The van der Waals surface area contributed by atoms with Crippen LogP contribution in [0.15, 0.2) is 66.7 Å². The number of piperidine rings is 1. The van der Waals surface area contributed by atoms with E-state index in [1.54, 1.807) is 0 Å². The first-order valence-corrected chi connectivity index (χ1v) is 8.21. The molecule has 0 radical (unpaired) electrons. The molecule has 4 rings (SSSR count). The summed E-state index contributed by atoms with van der Waals surface area (Å²) in [6, 6.07) is 22.7. The van der Waals surface area contributed by atoms with E-state index in [0.717, 1.165) is 43.0 Å². The normalized spacial score (nSPS) is 15.7. The van der Waals surface area contributed by atoms with Gasteiger partial charge in [-0.25, -0.2) is 4.98 Å². The van der Waals surface area contributed by atoms with Crippen molar-refractivity contribution in [2.75, 3.05) is 18.0 Å². The molecule has 0 aliphatic carbocycles. The molecule has 2 aromatic carbocycles. The molecule has 3 aromatic rings. The summed E-state index contributed by atoms with van der Waals surface area (Å²) in [5.41, 5.74) is 1.06. The summed E-state index contributed by atoms with van der Waals surface area (Å²) in [6.07, 6.45) is 2.36. The van der Waals surface area contributed by atoms with Crippen molar-refractivity contribution in [2.24, 2.45) is 0 Å². The van der Waals surface area contributed by atoms with Crippen molar-refractivity contribution >= 4 is 16.7 Å². The van der Waals surface area contributed by atoms with E-state index in [1.165, 1.54) is 5.39 Å². The third-order valence-corrected chi connectivity index (χ3v) is 4.40. The fourth-order valence-electron chi connectivity index (χ4n) is 3.13. The largest absolute Gasteiger partial charge is 0.490 e. The van der Waals surface area contributed by atoms with Gasteiger partial charge in [0, 0.05) is 31.3 Å². The molecule has 1 saturated heterocycles. The summed E-state index contributed by atoms with van der Waals surface area (Å²) < 4.78 is 6.06. The Morgan fingerprint density at radius 3 is 2.39 bits per heavy atom. The van der Waals surface area contributed by atoms with Crippen molar-refractivity contribution in [3.05, 3.63) is 66.7 Å². The number of hydrogen-bond donors (Lipinski definition) is 0. The molecule has 3 nitrogen and oxygen atoms in total. The molecule has 1 fully saturated rings. The number of para-hydroxylation sites is 2. The molecule has 0 bridgehead atoms. The van der Waals surface area contributed by atoms with E-state index in [9.17, 15) is 0 Å². The minimum atomic E-state index is 0.300. The Balaban J connectivity index is 1.42. The number of nitrogens with zero attached hydrogens (tertiary/aromatic N) is 2. The van der Waals surface area contributed by atoms with Crippen LogP contribution in [-0.4, -0.2) is 24.2 Å². The third-order valence-electron chi connectivity index (χ3n) is 4.40. The van der Waals surface area contributed by atoms with Crippen LogP contribution in [0.1, 0.15) is 12.8 Å². The second-order valence-corrected chi connectivity index (χ2v) is 5.98. The lowest BCUT2D eigenvalue weighted by Crippen LogP contribution is -2.38. The fourth-order valence-corrected chi connectivity index (χ4v) is 3.13. The van der Waals surface area contributed by atoms with E-state index < -0.39 is 0 Å². The number of aromatic nitrogens is 1. The summed E-state index contributed by atoms with van der Waals surface area (Å²) in [7, 11) is 0. The highest BCUT2D eigenvalue weighted by Gasteiger charge is 2.21. The van der Waals surface area contributed by atoms with E-state index in [0.29, 0.717) is 6.10 Å². The highest BCUT2D eigenvalue weighted by molar-refractivity contribution is 5.80. The first kappa shape index (κ1) is 14.1. The van der Waals surface area contributed by atoms with Gasteiger partial charge in [-0.1, -0.05) is 36.4 Å². The number of rotatable bonds is 3. The Kier molecular flexibility index (Phi) is 3.85. The van der Waals surface area contributed by atoms with Crippen molar-refractivity contribution in [1.82, 2.24) is 4.98 Å². The number of ether oxygens (including phenoxy) is 1. The second kappa shape index (κ2) is 6.29. The molecule has 1 aromatic heterocycles. The summed E-state index contributed by atoms with van der Waals surface area (Å²) in [5.74, 6) is 2.04. The Hall–Kier alpha value is -2.55. The quantitative estimate of drug-likeness (QED) is 0.722. The minimum absolute atomic E-state index is 0.300. The van der Waals surface area contributed by atoms with E-state index in [2.05, 4.69) is 35.2 Å². The minimum Gasteiger partial charge on any atom is -0.490 e. The van der Waals surface area contributed by atoms with Gasteiger partial charge in [0.25, 0.3) is 0 Å². The van der Waals surface area contributed by atoms with Gasteiger partial charge in [0.15, 0.2) is 0 Å². The molecule has 1 aliphatic rings. The zero-order valence-corrected chi connectivity index (χ0v) is 13.1. The van der Waals surface area contributed by atoms with Crippen LogP contribution >= 0.6 is 0 Å². The maximum Gasteiger partial charge on any atom is 0.129 e. The molecule has 0 spiro atoms. The van der Waals surface area contributed by atoms with E-state index in [4.69, 9.17) is 9.72 Å². The van der Waals surface area contributed by atoms with Crippen LogP contribution in [-0.2, 0) is 0 Å². The van der Waals surface area contributed by atoms with Crippen molar-refractivity contribution in [3.8, 4) is 5.75 Å². The van der Waals surface area contributed by atoms with Crippen LogP contribution < -0.4 is 9.64 Å². The maximum atomic E-state index is 6.06. The zero-order chi connectivity index (χ0) is 15.5. The fraction of sp³-hybridized carbons (Fsp3) is 0.250. The summed E-state index contributed by atoms with van der Waals surface area (Å²) in [6.45, 7) is 1.98. The van der Waals surface area contributed by atoms with Crippen LogP contribution in [0.4, 0.5) is 5.82 Å². The smallest absolute Gasteiger partial charge is 0.129 e. The Morgan fingerprint density at radius 1 is 0.826 bits per heavy atom. The third kappa shape index (κ3) is 3.14. The number of fused-ring (bicyclic) bond motifs is 1. The average Bonchev–Trinajstić information content (AvgIpc) is 2.63. The van der Waals surface area contributed by atoms with E-state index in [1.807, 2.05) is 36.4 Å². The summed E-state index contributed by atoms with van der Waals surface area (Å²) >= 11 is 0. The van der Waals surface area contributed by atoms with Gasteiger partial charge in [-0.15, -0.1) is 0 Å². The topological polar surface area (TPSA) is 25.4 Å². The first-order chi connectivity index (χ1) is 11.4. The number of benzene rings is 2. The molecule has 0 saturated carbocycles. The average molecular weight is 304 g/mol. The molecule has 23 heavy (non-hydrogen) atoms. The van der Waals surface area contributed by atoms with E-state index >= 15 is 0 Å². The molecule has 1 aliphatic heterocycles. The molecule has 2 heterocycles. The lowest BCUT2D eigenvalue weighted by Gasteiger charge is -2.33. The lowest BCUT2D eigenvalue weighted by molar-refractivity contribution is 0.171. The van der Waals surface area contributed by atoms with Crippen LogP contribution in [0.3, 0.4) is 0 Å². The summed E-state index contributed by atoms with van der Waals surface area (Å²) in [5, 5.41) is 1.19. The molecule has 3 heteroatoms. The molecule has 0 atom stereocenters. The van der Waals surface area contributed by atoms with Crippen molar-refractivity contribution in [2.45, 2.75) is 18.9 Å². The standard InChI is InChI=1S/C20H20N2O/c1-2-7-17(8-3-1)23-18-12-14-22(15-13-18)20-11-10-16-6-4-5-9-19(16)21-20/h1-11,18H,12-15H2. The Morgan fingerprint density at radius 2 is 1.57 bits per heavy atom.